The largest absolute Gasteiger partial charge is 0.384 e. The first-order chi connectivity index (χ1) is 7.24. The molecule has 0 heterocycles. The lowest BCUT2D eigenvalue weighted by Gasteiger charge is -2.09. The van der Waals surface area contributed by atoms with E-state index in [1.165, 1.54) is 5.56 Å². The molecule has 15 heavy (non-hydrogen) atoms. The van der Waals surface area contributed by atoms with E-state index in [2.05, 4.69) is 18.3 Å². The highest BCUT2D eigenvalue weighted by Crippen LogP contribution is 2.22. The highest BCUT2D eigenvalue weighted by molar-refractivity contribution is 6.33. The Morgan fingerprint density at radius 3 is 2.93 bits per heavy atom. The predicted molar refractivity (Wildman–Crippen MR) is 65.8 cm³/mol. The second-order valence-corrected chi connectivity index (χ2v) is 3.87. The fraction of sp³-hybridized carbons (Fsp3) is 0.500. The van der Waals surface area contributed by atoms with Crippen molar-refractivity contribution in [2.45, 2.75) is 20.3 Å². The van der Waals surface area contributed by atoms with Crippen molar-refractivity contribution in [3.05, 3.63) is 28.8 Å². The van der Waals surface area contributed by atoms with Crippen molar-refractivity contribution in [2.75, 3.05) is 25.1 Å². The van der Waals surface area contributed by atoms with Crippen LogP contribution >= 0.6 is 11.6 Å². The molecule has 0 aliphatic carbocycles. The zero-order valence-electron chi connectivity index (χ0n) is 9.35. The van der Waals surface area contributed by atoms with Gasteiger partial charge in [-0.05, 0) is 38.0 Å². The standard InChI is InChI=1S/C12H18ClNO/c1-3-15-8-4-7-14-12-9-10(2)5-6-11(12)13/h5-6,9,14H,3-4,7-8H2,1-2H3. The first kappa shape index (κ1) is 12.3. The second kappa shape index (κ2) is 6.70. The van der Waals surface area contributed by atoms with E-state index >= 15 is 0 Å². The van der Waals surface area contributed by atoms with Crippen LogP contribution in [0.5, 0.6) is 0 Å². The van der Waals surface area contributed by atoms with Crippen LogP contribution in [-0.4, -0.2) is 19.8 Å². The quantitative estimate of drug-likeness (QED) is 0.752. The van der Waals surface area contributed by atoms with Gasteiger partial charge < -0.3 is 10.1 Å². The Labute approximate surface area is 96.6 Å². The maximum absolute atomic E-state index is 6.04. The molecule has 0 aliphatic heterocycles. The van der Waals surface area contributed by atoms with Gasteiger partial charge in [-0.25, -0.2) is 0 Å². The van der Waals surface area contributed by atoms with Crippen LogP contribution in [0.1, 0.15) is 18.9 Å². The third-order valence-electron chi connectivity index (χ3n) is 2.11. The van der Waals surface area contributed by atoms with Crippen molar-refractivity contribution in [3.8, 4) is 0 Å². The zero-order chi connectivity index (χ0) is 11.1. The summed E-state index contributed by atoms with van der Waals surface area (Å²) in [7, 11) is 0. The molecule has 0 unspecified atom stereocenters. The fourth-order valence-corrected chi connectivity index (χ4v) is 1.50. The van der Waals surface area contributed by atoms with E-state index in [9.17, 15) is 0 Å². The molecule has 0 bridgehead atoms. The highest BCUT2D eigenvalue weighted by atomic mass is 35.5. The summed E-state index contributed by atoms with van der Waals surface area (Å²) in [5.41, 5.74) is 2.22. The molecule has 0 aromatic heterocycles. The van der Waals surface area contributed by atoms with E-state index in [4.69, 9.17) is 16.3 Å². The first-order valence-corrected chi connectivity index (χ1v) is 5.69. The Kier molecular flexibility index (Phi) is 5.51. The average Bonchev–Trinajstić information content (AvgIpc) is 2.23. The minimum atomic E-state index is 0.775. The third kappa shape index (κ3) is 4.54. The van der Waals surface area contributed by atoms with E-state index in [0.717, 1.165) is 36.9 Å². The van der Waals surface area contributed by atoms with Crippen LogP contribution in [0, 0.1) is 6.92 Å². The molecular formula is C12H18ClNO. The topological polar surface area (TPSA) is 21.3 Å². The Morgan fingerprint density at radius 2 is 2.20 bits per heavy atom. The molecule has 0 atom stereocenters. The molecule has 0 saturated carbocycles. The van der Waals surface area contributed by atoms with E-state index < -0.39 is 0 Å². The Hall–Kier alpha value is -0.730. The van der Waals surface area contributed by atoms with Crippen LogP contribution in [-0.2, 0) is 4.74 Å². The molecule has 0 aliphatic rings. The average molecular weight is 228 g/mol. The number of halogens is 1. The summed E-state index contributed by atoms with van der Waals surface area (Å²) in [5, 5.41) is 4.08. The minimum absolute atomic E-state index is 0.775. The van der Waals surface area contributed by atoms with Crippen LogP contribution in [0.4, 0.5) is 5.69 Å². The van der Waals surface area contributed by atoms with Gasteiger partial charge in [0.15, 0.2) is 0 Å². The van der Waals surface area contributed by atoms with Crippen LogP contribution < -0.4 is 5.32 Å². The number of rotatable bonds is 6. The number of aryl methyl sites for hydroxylation is 1. The molecule has 1 rings (SSSR count). The van der Waals surface area contributed by atoms with E-state index in [1.54, 1.807) is 0 Å². The molecule has 0 radical (unpaired) electrons. The lowest BCUT2D eigenvalue weighted by Crippen LogP contribution is -2.06. The molecule has 0 amide bonds. The number of hydrogen-bond donors (Lipinski definition) is 1. The molecule has 84 valence electrons. The molecule has 1 aromatic rings. The molecule has 1 aromatic carbocycles. The zero-order valence-corrected chi connectivity index (χ0v) is 10.1. The van der Waals surface area contributed by atoms with E-state index in [0.29, 0.717) is 0 Å². The number of ether oxygens (including phenoxy) is 1. The Bertz CT molecular complexity index is 302. The molecule has 3 heteroatoms. The third-order valence-corrected chi connectivity index (χ3v) is 2.44. The van der Waals surface area contributed by atoms with E-state index in [-0.39, 0.29) is 0 Å². The van der Waals surface area contributed by atoms with Crippen LogP contribution in [0.15, 0.2) is 18.2 Å². The van der Waals surface area contributed by atoms with Crippen molar-refractivity contribution in [1.29, 1.82) is 0 Å². The summed E-state index contributed by atoms with van der Waals surface area (Å²) in [6.45, 7) is 6.54. The number of nitrogens with one attached hydrogen (secondary N) is 1. The molecule has 0 spiro atoms. The van der Waals surface area contributed by atoms with E-state index in [1.807, 2.05) is 19.1 Å². The van der Waals surface area contributed by atoms with Gasteiger partial charge in [-0.3, -0.25) is 0 Å². The van der Waals surface area contributed by atoms with Gasteiger partial charge in [0.25, 0.3) is 0 Å². The van der Waals surface area contributed by atoms with Crippen LogP contribution in [0.2, 0.25) is 5.02 Å². The predicted octanol–water partition coefficient (Wildman–Crippen LogP) is 3.49. The number of anilines is 1. The summed E-state index contributed by atoms with van der Waals surface area (Å²) in [5.74, 6) is 0. The van der Waals surface area contributed by atoms with Crippen molar-refractivity contribution in [2.24, 2.45) is 0 Å². The first-order valence-electron chi connectivity index (χ1n) is 5.32. The summed E-state index contributed by atoms with van der Waals surface area (Å²) in [6.07, 6.45) is 0.998. The summed E-state index contributed by atoms with van der Waals surface area (Å²) < 4.78 is 5.25. The maximum Gasteiger partial charge on any atom is 0.0637 e. The highest BCUT2D eigenvalue weighted by Gasteiger charge is 1.98. The molecule has 1 N–H and O–H groups in total. The number of hydrogen-bond acceptors (Lipinski definition) is 2. The van der Waals surface area contributed by atoms with Crippen LogP contribution in [0.3, 0.4) is 0 Å². The van der Waals surface area contributed by atoms with Gasteiger partial charge in [0, 0.05) is 19.8 Å². The van der Waals surface area contributed by atoms with Crippen molar-refractivity contribution in [1.82, 2.24) is 0 Å². The second-order valence-electron chi connectivity index (χ2n) is 3.46. The molecule has 2 nitrogen and oxygen atoms in total. The molecule has 0 fully saturated rings. The maximum atomic E-state index is 6.04. The smallest absolute Gasteiger partial charge is 0.0637 e. The van der Waals surface area contributed by atoms with Crippen molar-refractivity contribution in [3.63, 3.8) is 0 Å². The minimum Gasteiger partial charge on any atom is -0.384 e. The number of benzene rings is 1. The van der Waals surface area contributed by atoms with Gasteiger partial charge in [0.1, 0.15) is 0 Å². The van der Waals surface area contributed by atoms with Gasteiger partial charge >= 0.3 is 0 Å². The summed E-state index contributed by atoms with van der Waals surface area (Å²) in [6, 6.07) is 5.98. The van der Waals surface area contributed by atoms with Crippen LogP contribution in [0.25, 0.3) is 0 Å². The Morgan fingerprint density at radius 1 is 1.40 bits per heavy atom. The van der Waals surface area contributed by atoms with Gasteiger partial charge in [0.05, 0.1) is 10.7 Å². The molecule has 0 saturated heterocycles. The summed E-state index contributed by atoms with van der Waals surface area (Å²) in [4.78, 5) is 0. The normalized spacial score (nSPS) is 10.3. The van der Waals surface area contributed by atoms with Gasteiger partial charge in [-0.1, -0.05) is 17.7 Å². The monoisotopic (exact) mass is 227 g/mol. The SMILES string of the molecule is CCOCCCNc1cc(C)ccc1Cl. The summed E-state index contributed by atoms with van der Waals surface area (Å²) >= 11 is 6.04. The lowest BCUT2D eigenvalue weighted by atomic mass is 10.2. The fourth-order valence-electron chi connectivity index (χ4n) is 1.32. The van der Waals surface area contributed by atoms with Gasteiger partial charge in [-0.2, -0.15) is 0 Å². The molecular weight excluding hydrogens is 210 g/mol. The Balaban J connectivity index is 2.33. The van der Waals surface area contributed by atoms with Gasteiger partial charge in [-0.15, -0.1) is 0 Å². The van der Waals surface area contributed by atoms with Gasteiger partial charge in [0.2, 0.25) is 0 Å². The lowest BCUT2D eigenvalue weighted by molar-refractivity contribution is 0.147. The van der Waals surface area contributed by atoms with Crippen molar-refractivity contribution < 1.29 is 4.74 Å². The van der Waals surface area contributed by atoms with Crippen molar-refractivity contribution >= 4 is 17.3 Å².